The van der Waals surface area contributed by atoms with Crippen molar-refractivity contribution < 1.29 is 18.1 Å². The molecule has 0 bridgehead atoms. The molecule has 0 spiro atoms. The molecule has 4 rings (SSSR count). The molecule has 2 aromatic rings. The summed E-state index contributed by atoms with van der Waals surface area (Å²) in [6, 6.07) is 14.0. The van der Waals surface area contributed by atoms with Gasteiger partial charge in [-0.05, 0) is 18.7 Å². The van der Waals surface area contributed by atoms with E-state index in [0.717, 1.165) is 18.7 Å². The van der Waals surface area contributed by atoms with Crippen molar-refractivity contribution in [2.45, 2.75) is 10.9 Å². The number of morpholine rings is 1. The number of ether oxygens (including phenoxy) is 1. The van der Waals surface area contributed by atoms with Crippen LogP contribution in [0.25, 0.3) is 0 Å². The van der Waals surface area contributed by atoms with Crippen molar-refractivity contribution >= 4 is 21.4 Å². The fourth-order valence-electron chi connectivity index (χ4n) is 4.15. The molecule has 0 saturated carbocycles. The second-order valence-electron chi connectivity index (χ2n) is 7.81. The third-order valence-corrected chi connectivity index (χ3v) is 7.75. The smallest absolute Gasteiger partial charge is 0.270 e. The quantitative estimate of drug-likeness (QED) is 0.513. The Hall–Kier alpha value is -2.53. The molecule has 0 N–H and O–H groups in total. The maximum absolute atomic E-state index is 13.5. The van der Waals surface area contributed by atoms with Crippen LogP contribution in [0.5, 0.6) is 0 Å². The van der Waals surface area contributed by atoms with E-state index in [0.29, 0.717) is 25.4 Å². The standard InChI is InChI=1S/C21H26N4O5S/c1-22-9-10-24(20(16-22)17-5-3-2-4-6-17)19-8-7-18(25(26)27)15-21(19)31(28,29)23-11-13-30-14-12-23/h2-8,15,20H,9-14,16H2,1H3/t20-/m1/s1. The molecule has 31 heavy (non-hydrogen) atoms. The number of hydrogen-bond acceptors (Lipinski definition) is 7. The molecule has 9 nitrogen and oxygen atoms in total. The Bertz CT molecular complexity index is 1040. The second kappa shape index (κ2) is 8.91. The van der Waals surface area contributed by atoms with Gasteiger partial charge in [0.25, 0.3) is 5.69 Å². The molecule has 0 amide bonds. The van der Waals surface area contributed by atoms with E-state index in [9.17, 15) is 18.5 Å². The van der Waals surface area contributed by atoms with Gasteiger partial charge < -0.3 is 14.5 Å². The van der Waals surface area contributed by atoms with Crippen LogP contribution >= 0.6 is 0 Å². The molecule has 10 heteroatoms. The number of piperazine rings is 1. The number of nitrogens with zero attached hydrogens (tertiary/aromatic N) is 4. The van der Waals surface area contributed by atoms with Gasteiger partial charge in [-0.3, -0.25) is 10.1 Å². The number of non-ortho nitro benzene ring substituents is 1. The Balaban J connectivity index is 1.82. The maximum atomic E-state index is 13.5. The van der Waals surface area contributed by atoms with Crippen LogP contribution in [-0.4, -0.2) is 75.5 Å². The lowest BCUT2D eigenvalue weighted by molar-refractivity contribution is -0.385. The van der Waals surface area contributed by atoms with Crippen molar-refractivity contribution in [1.29, 1.82) is 0 Å². The monoisotopic (exact) mass is 446 g/mol. The molecule has 2 heterocycles. The van der Waals surface area contributed by atoms with Crippen molar-refractivity contribution in [2.75, 3.05) is 57.9 Å². The molecule has 0 aromatic heterocycles. The first-order chi connectivity index (χ1) is 14.9. The van der Waals surface area contributed by atoms with Gasteiger partial charge in [0.15, 0.2) is 0 Å². The first-order valence-corrected chi connectivity index (χ1v) is 11.7. The van der Waals surface area contributed by atoms with E-state index in [1.54, 1.807) is 6.07 Å². The lowest BCUT2D eigenvalue weighted by atomic mass is 10.0. The van der Waals surface area contributed by atoms with E-state index < -0.39 is 14.9 Å². The molecule has 2 saturated heterocycles. The molecule has 2 aromatic carbocycles. The third kappa shape index (κ3) is 4.42. The normalized spacial score (nSPS) is 21.2. The average Bonchev–Trinajstić information content (AvgIpc) is 2.80. The number of sulfonamides is 1. The van der Waals surface area contributed by atoms with Crippen LogP contribution < -0.4 is 4.90 Å². The minimum absolute atomic E-state index is 0.0194. The van der Waals surface area contributed by atoms with E-state index >= 15 is 0 Å². The van der Waals surface area contributed by atoms with Crippen LogP contribution in [0.1, 0.15) is 11.6 Å². The fraction of sp³-hybridized carbons (Fsp3) is 0.429. The highest BCUT2D eigenvalue weighted by Gasteiger charge is 2.35. The van der Waals surface area contributed by atoms with Crippen molar-refractivity contribution in [3.05, 3.63) is 64.2 Å². The number of hydrogen-bond donors (Lipinski definition) is 0. The van der Waals surface area contributed by atoms with Crippen molar-refractivity contribution in [2.24, 2.45) is 0 Å². The SMILES string of the molecule is CN1CCN(c2ccc([N+](=O)[O-])cc2S(=O)(=O)N2CCOCC2)[C@@H](c2ccccc2)C1. The van der Waals surface area contributed by atoms with Gasteiger partial charge in [-0.2, -0.15) is 4.31 Å². The zero-order chi connectivity index (χ0) is 22.0. The number of rotatable bonds is 5. The molecule has 0 aliphatic carbocycles. The van der Waals surface area contributed by atoms with E-state index in [2.05, 4.69) is 9.80 Å². The van der Waals surface area contributed by atoms with Crippen LogP contribution in [0.3, 0.4) is 0 Å². The predicted octanol–water partition coefficient (Wildman–Crippen LogP) is 2.11. The summed E-state index contributed by atoms with van der Waals surface area (Å²) in [4.78, 5) is 15.1. The number of anilines is 1. The largest absolute Gasteiger partial charge is 0.379 e. The van der Waals surface area contributed by atoms with Crippen LogP contribution in [0.15, 0.2) is 53.4 Å². The van der Waals surface area contributed by atoms with Gasteiger partial charge in [0.05, 0.1) is 29.9 Å². The molecular formula is C21H26N4O5S. The predicted molar refractivity (Wildman–Crippen MR) is 117 cm³/mol. The Labute approximate surface area is 182 Å². The molecule has 2 aliphatic heterocycles. The van der Waals surface area contributed by atoms with E-state index in [1.807, 2.05) is 37.4 Å². The van der Waals surface area contributed by atoms with Gasteiger partial charge in [-0.1, -0.05) is 30.3 Å². The minimum atomic E-state index is -3.92. The number of benzene rings is 2. The first-order valence-electron chi connectivity index (χ1n) is 10.2. The summed E-state index contributed by atoms with van der Waals surface area (Å²) in [5.74, 6) is 0. The summed E-state index contributed by atoms with van der Waals surface area (Å²) < 4.78 is 33.7. The summed E-state index contributed by atoms with van der Waals surface area (Å²) in [7, 11) is -1.89. The van der Waals surface area contributed by atoms with Gasteiger partial charge in [0.1, 0.15) is 4.90 Å². The van der Waals surface area contributed by atoms with Crippen molar-refractivity contribution in [3.63, 3.8) is 0 Å². The van der Waals surface area contributed by atoms with E-state index in [4.69, 9.17) is 4.74 Å². The topological polar surface area (TPSA) is 96.2 Å². The number of likely N-dealkylation sites (N-methyl/N-ethyl adjacent to an activating group) is 1. The lowest BCUT2D eigenvalue weighted by Crippen LogP contribution is -2.48. The van der Waals surface area contributed by atoms with Gasteiger partial charge in [-0.15, -0.1) is 0 Å². The van der Waals surface area contributed by atoms with Crippen molar-refractivity contribution in [1.82, 2.24) is 9.21 Å². The average molecular weight is 447 g/mol. The van der Waals surface area contributed by atoms with E-state index in [-0.39, 0.29) is 29.7 Å². The van der Waals surface area contributed by atoms with Crippen LogP contribution in [0.4, 0.5) is 11.4 Å². The van der Waals surface area contributed by atoms with Gasteiger partial charge >= 0.3 is 0 Å². The highest BCUT2D eigenvalue weighted by atomic mass is 32.2. The molecule has 0 radical (unpaired) electrons. The fourth-order valence-corrected chi connectivity index (χ4v) is 5.78. The molecular weight excluding hydrogens is 420 g/mol. The van der Waals surface area contributed by atoms with E-state index in [1.165, 1.54) is 16.4 Å². The minimum Gasteiger partial charge on any atom is -0.379 e. The molecule has 1 atom stereocenters. The zero-order valence-corrected chi connectivity index (χ0v) is 18.2. The lowest BCUT2D eigenvalue weighted by Gasteiger charge is -2.42. The number of nitro benzene ring substituents is 1. The summed E-state index contributed by atoms with van der Waals surface area (Å²) >= 11 is 0. The Morgan fingerprint density at radius 3 is 2.42 bits per heavy atom. The maximum Gasteiger partial charge on any atom is 0.270 e. The van der Waals surface area contributed by atoms with Gasteiger partial charge in [0.2, 0.25) is 10.0 Å². The highest BCUT2D eigenvalue weighted by Crippen LogP contribution is 2.37. The molecule has 0 unspecified atom stereocenters. The van der Waals surface area contributed by atoms with Crippen LogP contribution in [-0.2, 0) is 14.8 Å². The molecule has 2 fully saturated rings. The highest BCUT2D eigenvalue weighted by molar-refractivity contribution is 7.89. The van der Waals surface area contributed by atoms with Crippen molar-refractivity contribution in [3.8, 4) is 0 Å². The number of nitro groups is 1. The first kappa shape index (κ1) is 21.7. The zero-order valence-electron chi connectivity index (χ0n) is 17.4. The van der Waals surface area contributed by atoms with Crippen LogP contribution in [0.2, 0.25) is 0 Å². The third-order valence-electron chi connectivity index (χ3n) is 5.82. The second-order valence-corrected chi connectivity index (χ2v) is 9.71. The Kier molecular flexibility index (Phi) is 6.24. The summed E-state index contributed by atoms with van der Waals surface area (Å²) in [5, 5.41) is 11.4. The summed E-state index contributed by atoms with van der Waals surface area (Å²) in [6.07, 6.45) is 0. The molecule has 2 aliphatic rings. The Morgan fingerprint density at radius 2 is 1.74 bits per heavy atom. The van der Waals surface area contributed by atoms with Gasteiger partial charge in [0, 0.05) is 44.9 Å². The molecule has 166 valence electrons. The summed E-state index contributed by atoms with van der Waals surface area (Å²) in [6.45, 7) is 3.18. The van der Waals surface area contributed by atoms with Crippen LogP contribution in [0, 0.1) is 10.1 Å². The van der Waals surface area contributed by atoms with Gasteiger partial charge in [-0.25, -0.2) is 8.42 Å². The summed E-state index contributed by atoms with van der Waals surface area (Å²) in [5.41, 5.74) is 1.34. The Morgan fingerprint density at radius 1 is 1.03 bits per heavy atom.